The van der Waals surface area contributed by atoms with Gasteiger partial charge in [0.15, 0.2) is 0 Å². The van der Waals surface area contributed by atoms with Crippen LogP contribution < -0.4 is 10.5 Å². The molecule has 0 radical (unpaired) electrons. The predicted octanol–water partition coefficient (Wildman–Crippen LogP) is 3.86. The van der Waals surface area contributed by atoms with Crippen LogP contribution in [0.4, 0.5) is 13.2 Å². The van der Waals surface area contributed by atoms with Crippen LogP contribution in [-0.4, -0.2) is 18.3 Å². The van der Waals surface area contributed by atoms with E-state index in [1.165, 1.54) is 0 Å². The molecule has 1 aromatic carbocycles. The maximum absolute atomic E-state index is 12.8. The molecule has 0 aliphatic rings. The van der Waals surface area contributed by atoms with Gasteiger partial charge in [-0.05, 0) is 30.0 Å². The first-order chi connectivity index (χ1) is 8.75. The van der Waals surface area contributed by atoms with Gasteiger partial charge >= 0.3 is 6.18 Å². The second kappa shape index (κ2) is 6.28. The molecule has 0 saturated carbocycles. The van der Waals surface area contributed by atoms with Gasteiger partial charge in [-0.3, -0.25) is 0 Å². The molecular formula is C14H20F3NO. The van der Waals surface area contributed by atoms with E-state index in [0.29, 0.717) is 5.92 Å². The van der Waals surface area contributed by atoms with E-state index >= 15 is 0 Å². The Balaban J connectivity index is 2.85. The van der Waals surface area contributed by atoms with Gasteiger partial charge in [-0.1, -0.05) is 32.9 Å². The summed E-state index contributed by atoms with van der Waals surface area (Å²) in [5.74, 6) is 0.515. The maximum Gasteiger partial charge on any atom is 0.426 e. The van der Waals surface area contributed by atoms with E-state index in [-0.39, 0.29) is 12.2 Å². The molecule has 0 aliphatic carbocycles. The van der Waals surface area contributed by atoms with E-state index in [0.717, 1.165) is 5.56 Å². The molecule has 0 fully saturated rings. The van der Waals surface area contributed by atoms with Crippen molar-refractivity contribution in [3.05, 3.63) is 29.8 Å². The zero-order chi connectivity index (χ0) is 14.6. The van der Waals surface area contributed by atoms with Gasteiger partial charge in [-0.15, -0.1) is 0 Å². The first-order valence-electron chi connectivity index (χ1n) is 6.34. The Morgan fingerprint density at radius 3 is 2.05 bits per heavy atom. The minimum Gasteiger partial charge on any atom is -0.479 e. The van der Waals surface area contributed by atoms with E-state index in [1.54, 1.807) is 31.2 Å². The second-order valence-corrected chi connectivity index (χ2v) is 4.88. The van der Waals surface area contributed by atoms with Crippen molar-refractivity contribution in [3.63, 3.8) is 0 Å². The normalized spacial score (nSPS) is 15.4. The molecule has 0 aromatic heterocycles. The molecule has 0 aliphatic heterocycles. The van der Waals surface area contributed by atoms with Crippen molar-refractivity contribution in [2.24, 2.45) is 5.73 Å². The first kappa shape index (κ1) is 15.8. The van der Waals surface area contributed by atoms with Crippen LogP contribution in [0, 0.1) is 0 Å². The molecule has 2 atom stereocenters. The van der Waals surface area contributed by atoms with Crippen molar-refractivity contribution in [2.45, 2.75) is 51.4 Å². The molecule has 1 rings (SSSR count). The number of ether oxygens (including phenoxy) is 1. The van der Waals surface area contributed by atoms with Crippen LogP contribution in [-0.2, 0) is 0 Å². The summed E-state index contributed by atoms with van der Waals surface area (Å²) in [5, 5.41) is 0. The van der Waals surface area contributed by atoms with E-state index in [1.807, 2.05) is 13.8 Å². The first-order valence-corrected chi connectivity index (χ1v) is 6.34. The molecule has 0 heterocycles. The smallest absolute Gasteiger partial charge is 0.426 e. The van der Waals surface area contributed by atoms with E-state index in [2.05, 4.69) is 0 Å². The molecule has 1 aromatic rings. The molecular weight excluding hydrogens is 255 g/mol. The molecule has 0 spiro atoms. The Bertz CT molecular complexity index is 387. The van der Waals surface area contributed by atoms with Crippen molar-refractivity contribution in [1.82, 2.24) is 0 Å². The van der Waals surface area contributed by atoms with Crippen LogP contribution in [0.1, 0.15) is 38.7 Å². The van der Waals surface area contributed by atoms with Crippen molar-refractivity contribution in [1.29, 1.82) is 0 Å². The summed E-state index contributed by atoms with van der Waals surface area (Å²) in [6.45, 7) is 5.64. The third-order valence-electron chi connectivity index (χ3n) is 2.99. The van der Waals surface area contributed by atoms with Gasteiger partial charge in [0, 0.05) is 0 Å². The standard InChI is InChI=1S/C14H20F3NO/c1-4-12(18)13(14(15,16)17)19-11-7-5-10(6-8-11)9(2)3/h5-9,12-13H,4,18H2,1-3H3. The lowest BCUT2D eigenvalue weighted by molar-refractivity contribution is -0.200. The fraction of sp³-hybridized carbons (Fsp3) is 0.571. The van der Waals surface area contributed by atoms with Gasteiger partial charge in [-0.25, -0.2) is 0 Å². The highest BCUT2D eigenvalue weighted by molar-refractivity contribution is 5.29. The van der Waals surface area contributed by atoms with Crippen LogP contribution in [0.2, 0.25) is 0 Å². The summed E-state index contributed by atoms with van der Waals surface area (Å²) in [6.07, 6.45) is -6.23. The van der Waals surface area contributed by atoms with Gasteiger partial charge in [0.1, 0.15) is 5.75 Å². The van der Waals surface area contributed by atoms with Crippen molar-refractivity contribution in [3.8, 4) is 5.75 Å². The van der Waals surface area contributed by atoms with Crippen molar-refractivity contribution in [2.75, 3.05) is 0 Å². The highest BCUT2D eigenvalue weighted by atomic mass is 19.4. The number of rotatable bonds is 5. The number of halogens is 3. The largest absolute Gasteiger partial charge is 0.479 e. The number of hydrogen-bond donors (Lipinski definition) is 1. The van der Waals surface area contributed by atoms with Crippen molar-refractivity contribution >= 4 is 0 Å². The Morgan fingerprint density at radius 1 is 1.16 bits per heavy atom. The fourth-order valence-electron chi connectivity index (χ4n) is 1.69. The van der Waals surface area contributed by atoms with Crippen LogP contribution in [0.3, 0.4) is 0 Å². The molecule has 0 amide bonds. The SMILES string of the molecule is CCC(N)C(Oc1ccc(C(C)C)cc1)C(F)(F)F. The number of alkyl halides is 3. The number of nitrogens with two attached hydrogens (primary N) is 1. The molecule has 2 nitrogen and oxygen atoms in total. The Morgan fingerprint density at radius 2 is 1.68 bits per heavy atom. The summed E-state index contributed by atoms with van der Waals surface area (Å²) in [5.41, 5.74) is 6.54. The van der Waals surface area contributed by atoms with Gasteiger partial charge in [-0.2, -0.15) is 13.2 Å². The van der Waals surface area contributed by atoms with Crippen LogP contribution in [0.5, 0.6) is 5.75 Å². The topological polar surface area (TPSA) is 35.2 Å². The molecule has 108 valence electrons. The van der Waals surface area contributed by atoms with Gasteiger partial charge in [0.25, 0.3) is 0 Å². The van der Waals surface area contributed by atoms with E-state index in [4.69, 9.17) is 10.5 Å². The highest BCUT2D eigenvalue weighted by Crippen LogP contribution is 2.28. The Labute approximate surface area is 111 Å². The van der Waals surface area contributed by atoms with E-state index in [9.17, 15) is 13.2 Å². The summed E-state index contributed by atoms with van der Waals surface area (Å²) in [6, 6.07) is 5.58. The third-order valence-corrected chi connectivity index (χ3v) is 2.99. The summed E-state index contributed by atoms with van der Waals surface area (Å²) in [4.78, 5) is 0. The van der Waals surface area contributed by atoms with Crippen LogP contribution in [0.25, 0.3) is 0 Å². The molecule has 2 unspecified atom stereocenters. The lowest BCUT2D eigenvalue weighted by Crippen LogP contribution is -2.48. The Kier molecular flexibility index (Phi) is 5.23. The monoisotopic (exact) mass is 275 g/mol. The molecule has 2 N–H and O–H groups in total. The molecule has 0 bridgehead atoms. The predicted molar refractivity (Wildman–Crippen MR) is 69.3 cm³/mol. The molecule has 5 heteroatoms. The average Bonchev–Trinajstić information content (AvgIpc) is 2.34. The van der Waals surface area contributed by atoms with Crippen LogP contribution >= 0.6 is 0 Å². The molecule has 19 heavy (non-hydrogen) atoms. The van der Waals surface area contributed by atoms with E-state index < -0.39 is 18.3 Å². The molecule has 0 saturated heterocycles. The summed E-state index contributed by atoms with van der Waals surface area (Å²) in [7, 11) is 0. The lowest BCUT2D eigenvalue weighted by Gasteiger charge is -2.26. The quantitative estimate of drug-likeness (QED) is 0.885. The zero-order valence-electron chi connectivity index (χ0n) is 11.4. The summed E-state index contributed by atoms with van der Waals surface area (Å²) < 4.78 is 43.6. The Hall–Kier alpha value is -1.23. The lowest BCUT2D eigenvalue weighted by atomic mass is 10.0. The minimum atomic E-state index is -4.47. The third kappa shape index (κ3) is 4.42. The second-order valence-electron chi connectivity index (χ2n) is 4.88. The van der Waals surface area contributed by atoms with Gasteiger partial charge in [0.2, 0.25) is 6.10 Å². The van der Waals surface area contributed by atoms with Crippen molar-refractivity contribution < 1.29 is 17.9 Å². The van der Waals surface area contributed by atoms with Crippen LogP contribution in [0.15, 0.2) is 24.3 Å². The fourth-order valence-corrected chi connectivity index (χ4v) is 1.69. The maximum atomic E-state index is 12.8. The number of benzene rings is 1. The average molecular weight is 275 g/mol. The highest BCUT2D eigenvalue weighted by Gasteiger charge is 2.45. The summed E-state index contributed by atoms with van der Waals surface area (Å²) >= 11 is 0. The van der Waals surface area contributed by atoms with Gasteiger partial charge in [0.05, 0.1) is 6.04 Å². The van der Waals surface area contributed by atoms with Gasteiger partial charge < -0.3 is 10.5 Å². The number of hydrogen-bond acceptors (Lipinski definition) is 2. The zero-order valence-corrected chi connectivity index (χ0v) is 11.4. The minimum absolute atomic E-state index is 0.190.